The van der Waals surface area contributed by atoms with Crippen LogP contribution in [0.3, 0.4) is 0 Å². The molecule has 0 saturated heterocycles. The van der Waals surface area contributed by atoms with Crippen molar-refractivity contribution in [1.82, 2.24) is 5.32 Å². The molecule has 1 unspecified atom stereocenters. The zero-order chi connectivity index (χ0) is 19.1. The van der Waals surface area contributed by atoms with Gasteiger partial charge in [0.25, 0.3) is 0 Å². The average molecular weight is 380 g/mol. The Bertz CT molecular complexity index is 863. The van der Waals surface area contributed by atoms with Crippen LogP contribution in [0.2, 0.25) is 0 Å². The molecule has 1 atom stereocenters. The highest BCUT2D eigenvalue weighted by atomic mass is 32.1. The molecule has 3 nitrogen and oxygen atoms in total. The van der Waals surface area contributed by atoms with Crippen LogP contribution < -0.4 is 10.2 Å². The van der Waals surface area contributed by atoms with Gasteiger partial charge in [0.2, 0.25) is 5.91 Å². The standard InChI is InChI=1S/C22H21FN2OS/c1-2-14-25(19-7-4-3-5-8-19)21(26)16-24-22(20-9-6-15-27-20)17-10-12-18(23)13-11-17/h2-13,15,22,24H,1,14,16H2. The number of anilines is 1. The van der Waals surface area contributed by atoms with Crippen LogP contribution in [-0.2, 0) is 4.79 Å². The van der Waals surface area contributed by atoms with Gasteiger partial charge in [-0.05, 0) is 41.3 Å². The predicted molar refractivity (Wildman–Crippen MR) is 110 cm³/mol. The van der Waals surface area contributed by atoms with Crippen LogP contribution in [0.5, 0.6) is 0 Å². The van der Waals surface area contributed by atoms with Gasteiger partial charge in [0, 0.05) is 17.1 Å². The molecule has 27 heavy (non-hydrogen) atoms. The second-order valence-corrected chi connectivity index (χ2v) is 6.99. The first-order chi connectivity index (χ1) is 13.2. The van der Waals surface area contributed by atoms with E-state index in [2.05, 4.69) is 11.9 Å². The summed E-state index contributed by atoms with van der Waals surface area (Å²) in [5.74, 6) is -0.328. The minimum absolute atomic E-state index is 0.0511. The van der Waals surface area contributed by atoms with Crippen LogP contribution in [0.4, 0.5) is 10.1 Å². The Labute approximate surface area is 162 Å². The molecule has 0 radical (unpaired) electrons. The van der Waals surface area contributed by atoms with Gasteiger partial charge in [0.1, 0.15) is 5.82 Å². The van der Waals surface area contributed by atoms with Gasteiger partial charge in [0.15, 0.2) is 0 Å². The molecular weight excluding hydrogens is 359 g/mol. The Balaban J connectivity index is 1.77. The monoisotopic (exact) mass is 380 g/mol. The van der Waals surface area contributed by atoms with E-state index in [4.69, 9.17) is 0 Å². The average Bonchev–Trinajstić information content (AvgIpc) is 3.22. The van der Waals surface area contributed by atoms with E-state index in [0.717, 1.165) is 16.1 Å². The molecule has 0 aliphatic rings. The molecule has 2 aromatic carbocycles. The Hall–Kier alpha value is -2.76. The molecule has 1 heterocycles. The minimum atomic E-state index is -0.277. The molecule has 3 rings (SSSR count). The quantitative estimate of drug-likeness (QED) is 0.570. The largest absolute Gasteiger partial charge is 0.308 e. The summed E-state index contributed by atoms with van der Waals surface area (Å²) in [6.45, 7) is 4.34. The number of nitrogens with one attached hydrogen (secondary N) is 1. The lowest BCUT2D eigenvalue weighted by molar-refractivity contribution is -0.117. The Kier molecular flexibility index (Phi) is 6.52. The second kappa shape index (κ2) is 9.26. The van der Waals surface area contributed by atoms with E-state index in [1.54, 1.807) is 34.4 Å². The van der Waals surface area contributed by atoms with E-state index in [1.165, 1.54) is 12.1 Å². The van der Waals surface area contributed by atoms with Crippen molar-refractivity contribution in [3.63, 3.8) is 0 Å². The van der Waals surface area contributed by atoms with Gasteiger partial charge < -0.3 is 4.90 Å². The first kappa shape index (κ1) is 19.0. The number of rotatable bonds is 8. The Morgan fingerprint density at radius 3 is 2.48 bits per heavy atom. The first-order valence-corrected chi connectivity index (χ1v) is 9.55. The van der Waals surface area contributed by atoms with Crippen molar-refractivity contribution < 1.29 is 9.18 Å². The number of carbonyl (C=O) groups excluding carboxylic acids is 1. The maximum Gasteiger partial charge on any atom is 0.241 e. The van der Waals surface area contributed by atoms with Crippen molar-refractivity contribution in [3.05, 3.63) is 101 Å². The lowest BCUT2D eigenvalue weighted by Gasteiger charge is -2.24. The molecule has 0 bridgehead atoms. The fourth-order valence-electron chi connectivity index (χ4n) is 2.87. The van der Waals surface area contributed by atoms with Crippen LogP contribution in [0.1, 0.15) is 16.5 Å². The molecule has 1 amide bonds. The third-order valence-corrected chi connectivity index (χ3v) is 5.11. The van der Waals surface area contributed by atoms with Crippen molar-refractivity contribution in [3.8, 4) is 0 Å². The molecule has 0 fully saturated rings. The molecule has 0 saturated carbocycles. The number of thiophene rings is 1. The maximum atomic E-state index is 13.3. The van der Waals surface area contributed by atoms with Crippen LogP contribution in [0.15, 0.2) is 84.8 Å². The topological polar surface area (TPSA) is 32.3 Å². The van der Waals surface area contributed by atoms with Gasteiger partial charge in [-0.1, -0.05) is 42.5 Å². The Morgan fingerprint density at radius 2 is 1.85 bits per heavy atom. The lowest BCUT2D eigenvalue weighted by Crippen LogP contribution is -2.39. The summed E-state index contributed by atoms with van der Waals surface area (Å²) in [7, 11) is 0. The highest BCUT2D eigenvalue weighted by Gasteiger charge is 2.19. The van der Waals surface area contributed by atoms with E-state index in [1.807, 2.05) is 47.8 Å². The molecule has 5 heteroatoms. The van der Waals surface area contributed by atoms with Crippen molar-refractivity contribution in [2.75, 3.05) is 18.0 Å². The van der Waals surface area contributed by atoms with Gasteiger partial charge in [-0.25, -0.2) is 4.39 Å². The molecular formula is C22H21FN2OS. The van der Waals surface area contributed by atoms with E-state index in [-0.39, 0.29) is 24.3 Å². The molecule has 1 aromatic heterocycles. The highest BCUT2D eigenvalue weighted by molar-refractivity contribution is 7.10. The van der Waals surface area contributed by atoms with Gasteiger partial charge in [-0.15, -0.1) is 17.9 Å². The number of hydrogen-bond acceptors (Lipinski definition) is 3. The van der Waals surface area contributed by atoms with Crippen molar-refractivity contribution in [2.45, 2.75) is 6.04 Å². The lowest BCUT2D eigenvalue weighted by atomic mass is 10.1. The van der Waals surface area contributed by atoms with Crippen LogP contribution in [0, 0.1) is 5.82 Å². The molecule has 0 aliphatic carbocycles. The smallest absolute Gasteiger partial charge is 0.241 e. The summed E-state index contributed by atoms with van der Waals surface area (Å²) in [4.78, 5) is 15.6. The SMILES string of the molecule is C=CCN(C(=O)CNC(c1ccc(F)cc1)c1cccs1)c1ccccc1. The maximum absolute atomic E-state index is 13.3. The summed E-state index contributed by atoms with van der Waals surface area (Å²) in [6, 6.07) is 19.7. The van der Waals surface area contributed by atoms with E-state index in [9.17, 15) is 9.18 Å². The molecule has 138 valence electrons. The zero-order valence-electron chi connectivity index (χ0n) is 14.8. The number of carbonyl (C=O) groups is 1. The van der Waals surface area contributed by atoms with Crippen molar-refractivity contribution in [2.24, 2.45) is 0 Å². The minimum Gasteiger partial charge on any atom is -0.308 e. The van der Waals surface area contributed by atoms with Gasteiger partial charge in [0.05, 0.1) is 12.6 Å². The number of nitrogens with zero attached hydrogens (tertiary/aromatic N) is 1. The summed E-state index contributed by atoms with van der Waals surface area (Å²) in [5.41, 5.74) is 1.75. The molecule has 0 aliphatic heterocycles. The second-order valence-electron chi connectivity index (χ2n) is 6.01. The van der Waals surface area contributed by atoms with Crippen LogP contribution in [0.25, 0.3) is 0 Å². The third-order valence-electron chi connectivity index (χ3n) is 4.17. The number of amides is 1. The predicted octanol–water partition coefficient (Wildman–Crippen LogP) is 4.79. The van der Waals surface area contributed by atoms with E-state index >= 15 is 0 Å². The fourth-order valence-corrected chi connectivity index (χ4v) is 3.69. The van der Waals surface area contributed by atoms with E-state index < -0.39 is 0 Å². The first-order valence-electron chi connectivity index (χ1n) is 8.67. The number of hydrogen-bond donors (Lipinski definition) is 1. The van der Waals surface area contributed by atoms with Gasteiger partial charge >= 0.3 is 0 Å². The summed E-state index contributed by atoms with van der Waals surface area (Å²) in [5, 5.41) is 5.32. The van der Waals surface area contributed by atoms with E-state index in [0.29, 0.717) is 6.54 Å². The summed E-state index contributed by atoms with van der Waals surface area (Å²) < 4.78 is 13.3. The van der Waals surface area contributed by atoms with Crippen molar-refractivity contribution >= 4 is 22.9 Å². The Morgan fingerprint density at radius 1 is 1.11 bits per heavy atom. The molecule has 1 N–H and O–H groups in total. The van der Waals surface area contributed by atoms with Gasteiger partial charge in [-0.2, -0.15) is 0 Å². The van der Waals surface area contributed by atoms with Crippen molar-refractivity contribution in [1.29, 1.82) is 0 Å². The summed E-state index contributed by atoms with van der Waals surface area (Å²) in [6.07, 6.45) is 1.71. The number of benzene rings is 2. The third kappa shape index (κ3) is 4.90. The normalized spacial score (nSPS) is 11.7. The van der Waals surface area contributed by atoms with Crippen LogP contribution >= 0.6 is 11.3 Å². The van der Waals surface area contributed by atoms with Crippen LogP contribution in [-0.4, -0.2) is 19.0 Å². The fraction of sp³-hybridized carbons (Fsp3) is 0.136. The summed E-state index contributed by atoms with van der Waals surface area (Å²) >= 11 is 1.60. The van der Waals surface area contributed by atoms with Gasteiger partial charge in [-0.3, -0.25) is 10.1 Å². The molecule has 3 aromatic rings. The molecule has 0 spiro atoms. The number of halogens is 1. The highest BCUT2D eigenvalue weighted by Crippen LogP contribution is 2.26. The zero-order valence-corrected chi connectivity index (χ0v) is 15.7. The number of para-hydroxylation sites is 1.